The molecule has 3 aromatic rings. The number of thiophene rings is 1. The molecule has 3 aromatic heterocycles. The van der Waals surface area contributed by atoms with Crippen molar-refractivity contribution in [3.8, 4) is 0 Å². The molecular weight excluding hydrogens is 344 g/mol. The van der Waals surface area contributed by atoms with E-state index < -0.39 is 0 Å². The van der Waals surface area contributed by atoms with E-state index in [4.69, 9.17) is 0 Å². The number of aromatic nitrogens is 2. The Kier molecular flexibility index (Phi) is 3.87. The molecule has 0 radical (unpaired) electrons. The topological polar surface area (TPSA) is 41.4 Å². The van der Waals surface area contributed by atoms with Crippen molar-refractivity contribution >= 4 is 17.2 Å². The third-order valence-corrected chi connectivity index (χ3v) is 6.23. The van der Waals surface area contributed by atoms with E-state index in [9.17, 15) is 4.79 Å². The molecule has 2 aliphatic heterocycles. The average Bonchev–Trinajstić information content (AvgIpc) is 3.39. The van der Waals surface area contributed by atoms with Crippen molar-refractivity contribution in [3.63, 3.8) is 0 Å². The lowest BCUT2D eigenvalue weighted by Crippen LogP contribution is -2.49. The lowest BCUT2D eigenvalue weighted by atomic mass is 10.1. The molecule has 0 bridgehead atoms. The molecule has 2 aliphatic rings. The molecule has 6 heteroatoms. The highest BCUT2D eigenvalue weighted by molar-refractivity contribution is 7.09. The molecule has 1 fully saturated rings. The normalized spacial score (nSPS) is 22.5. The van der Waals surface area contributed by atoms with Crippen molar-refractivity contribution in [2.24, 2.45) is 0 Å². The summed E-state index contributed by atoms with van der Waals surface area (Å²) in [5.74, 6) is 0.143. The number of carbonyl (C=O) groups excluding carboxylic acids is 1. The van der Waals surface area contributed by atoms with Crippen molar-refractivity contribution in [2.45, 2.75) is 25.2 Å². The molecule has 5 heterocycles. The van der Waals surface area contributed by atoms with Gasteiger partial charge in [-0.25, -0.2) is 0 Å². The van der Waals surface area contributed by atoms with Crippen LogP contribution in [-0.4, -0.2) is 44.4 Å². The highest BCUT2D eigenvalue weighted by Crippen LogP contribution is 2.35. The predicted octanol–water partition coefficient (Wildman–Crippen LogP) is 3.03. The number of carbonyl (C=O) groups is 1. The van der Waals surface area contributed by atoms with Crippen LogP contribution in [0.25, 0.3) is 0 Å². The molecule has 0 saturated carbocycles. The van der Waals surface area contributed by atoms with Gasteiger partial charge in [0.1, 0.15) is 5.69 Å². The van der Waals surface area contributed by atoms with Crippen molar-refractivity contribution in [3.05, 3.63) is 76.5 Å². The summed E-state index contributed by atoms with van der Waals surface area (Å²) in [6, 6.07) is 14.6. The molecule has 0 aliphatic carbocycles. The summed E-state index contributed by atoms with van der Waals surface area (Å²) in [6.07, 6.45) is 3.90. The molecule has 0 N–H and O–H groups in total. The maximum atomic E-state index is 13.1. The molecule has 2 atom stereocenters. The van der Waals surface area contributed by atoms with Crippen LogP contribution in [0.2, 0.25) is 0 Å². The Balaban J connectivity index is 1.44. The standard InChI is InChI=1S/C20H20N4OS/c25-20-17-7-3-9-23(17)18-13-22(11-15-5-1-2-8-21-15)14-19(18)24(20)12-16-6-4-10-26-16/h1-10,18-19H,11-14H2/t18-,19-/m0/s1. The second kappa shape index (κ2) is 6.37. The van der Waals surface area contributed by atoms with E-state index >= 15 is 0 Å². The van der Waals surface area contributed by atoms with Crippen LogP contribution in [0.5, 0.6) is 0 Å². The number of pyridine rings is 1. The van der Waals surface area contributed by atoms with Gasteiger partial charge in [-0.1, -0.05) is 12.1 Å². The van der Waals surface area contributed by atoms with Crippen LogP contribution >= 0.6 is 11.3 Å². The van der Waals surface area contributed by atoms with Crippen molar-refractivity contribution in [2.75, 3.05) is 13.1 Å². The quantitative estimate of drug-likeness (QED) is 0.715. The first-order chi connectivity index (χ1) is 12.8. The SMILES string of the molecule is O=C1c2cccn2[C@H]2CN(Cc3ccccn3)C[C@@H]2N1Cc1cccs1. The van der Waals surface area contributed by atoms with Gasteiger partial charge in [-0.05, 0) is 35.7 Å². The average molecular weight is 364 g/mol. The second-order valence-corrected chi connectivity index (χ2v) is 8.00. The molecule has 5 rings (SSSR count). The Bertz CT molecular complexity index is 905. The van der Waals surface area contributed by atoms with E-state index in [0.717, 1.165) is 31.0 Å². The van der Waals surface area contributed by atoms with Gasteiger partial charge in [0, 0.05) is 36.9 Å². The highest BCUT2D eigenvalue weighted by Gasteiger charge is 2.44. The van der Waals surface area contributed by atoms with E-state index in [-0.39, 0.29) is 11.9 Å². The molecule has 0 aromatic carbocycles. The van der Waals surface area contributed by atoms with E-state index in [1.54, 1.807) is 11.3 Å². The number of fused-ring (bicyclic) bond motifs is 3. The van der Waals surface area contributed by atoms with Crippen LogP contribution in [0, 0.1) is 0 Å². The maximum Gasteiger partial charge on any atom is 0.271 e. The van der Waals surface area contributed by atoms with E-state index in [1.165, 1.54) is 4.88 Å². The fourth-order valence-electron chi connectivity index (χ4n) is 4.20. The summed E-state index contributed by atoms with van der Waals surface area (Å²) in [5.41, 5.74) is 1.89. The Morgan fingerprint density at radius 3 is 2.77 bits per heavy atom. The van der Waals surface area contributed by atoms with Gasteiger partial charge in [-0.3, -0.25) is 14.7 Å². The monoisotopic (exact) mass is 364 g/mol. The molecule has 0 spiro atoms. The van der Waals surface area contributed by atoms with E-state index in [0.29, 0.717) is 12.6 Å². The predicted molar refractivity (Wildman–Crippen MR) is 101 cm³/mol. The number of hydrogen-bond acceptors (Lipinski definition) is 4. The highest BCUT2D eigenvalue weighted by atomic mass is 32.1. The molecule has 26 heavy (non-hydrogen) atoms. The van der Waals surface area contributed by atoms with Crippen LogP contribution in [0.15, 0.2) is 60.2 Å². The van der Waals surface area contributed by atoms with Gasteiger partial charge in [-0.2, -0.15) is 0 Å². The van der Waals surface area contributed by atoms with Crippen molar-refractivity contribution in [1.82, 2.24) is 19.4 Å². The van der Waals surface area contributed by atoms with Gasteiger partial charge < -0.3 is 9.47 Å². The Labute approximate surface area is 156 Å². The summed E-state index contributed by atoms with van der Waals surface area (Å²) in [6.45, 7) is 3.35. The first-order valence-electron chi connectivity index (χ1n) is 8.92. The molecule has 1 amide bonds. The zero-order valence-corrected chi connectivity index (χ0v) is 15.2. The van der Waals surface area contributed by atoms with Gasteiger partial charge in [-0.15, -0.1) is 11.3 Å². The van der Waals surface area contributed by atoms with E-state index in [1.807, 2.05) is 30.5 Å². The van der Waals surface area contributed by atoms with Gasteiger partial charge >= 0.3 is 0 Å². The smallest absolute Gasteiger partial charge is 0.271 e. The lowest BCUT2D eigenvalue weighted by Gasteiger charge is -2.38. The largest absolute Gasteiger partial charge is 0.337 e. The Hall–Kier alpha value is -2.44. The van der Waals surface area contributed by atoms with Crippen LogP contribution in [0.4, 0.5) is 0 Å². The fraction of sp³-hybridized carbons (Fsp3) is 0.300. The molecular formula is C20H20N4OS. The minimum absolute atomic E-state index is 0.143. The van der Waals surface area contributed by atoms with E-state index in [2.05, 4.69) is 49.1 Å². The summed E-state index contributed by atoms with van der Waals surface area (Å²) in [5, 5.41) is 2.08. The summed E-state index contributed by atoms with van der Waals surface area (Å²) in [7, 11) is 0. The van der Waals surface area contributed by atoms with Crippen molar-refractivity contribution in [1.29, 1.82) is 0 Å². The lowest BCUT2D eigenvalue weighted by molar-refractivity contribution is 0.0559. The first-order valence-corrected chi connectivity index (χ1v) is 9.80. The second-order valence-electron chi connectivity index (χ2n) is 6.96. The Morgan fingerprint density at radius 2 is 1.96 bits per heavy atom. The summed E-state index contributed by atoms with van der Waals surface area (Å²) >= 11 is 1.72. The van der Waals surface area contributed by atoms with Crippen LogP contribution < -0.4 is 0 Å². The first kappa shape index (κ1) is 15.8. The van der Waals surface area contributed by atoms with Gasteiger partial charge in [0.05, 0.1) is 24.3 Å². The van der Waals surface area contributed by atoms with Crippen LogP contribution in [0.1, 0.15) is 27.1 Å². The third-order valence-electron chi connectivity index (χ3n) is 5.37. The van der Waals surface area contributed by atoms with Gasteiger partial charge in [0.25, 0.3) is 5.91 Å². The van der Waals surface area contributed by atoms with Crippen LogP contribution in [-0.2, 0) is 13.1 Å². The zero-order valence-electron chi connectivity index (χ0n) is 14.4. The molecule has 1 saturated heterocycles. The van der Waals surface area contributed by atoms with Gasteiger partial charge in [0.15, 0.2) is 0 Å². The minimum Gasteiger partial charge on any atom is -0.337 e. The third kappa shape index (κ3) is 2.66. The van der Waals surface area contributed by atoms with Gasteiger partial charge in [0.2, 0.25) is 0 Å². The number of nitrogens with zero attached hydrogens (tertiary/aromatic N) is 4. The number of amides is 1. The zero-order chi connectivity index (χ0) is 17.5. The molecule has 132 valence electrons. The Morgan fingerprint density at radius 1 is 1.04 bits per heavy atom. The minimum atomic E-state index is 0.143. The molecule has 0 unspecified atom stereocenters. The summed E-state index contributed by atoms with van der Waals surface area (Å²) < 4.78 is 2.18. The molecule has 5 nitrogen and oxygen atoms in total. The number of hydrogen-bond donors (Lipinski definition) is 0. The number of rotatable bonds is 4. The van der Waals surface area contributed by atoms with Crippen molar-refractivity contribution < 1.29 is 4.79 Å². The number of likely N-dealkylation sites (tertiary alicyclic amines) is 1. The maximum absolute atomic E-state index is 13.1. The summed E-state index contributed by atoms with van der Waals surface area (Å²) in [4.78, 5) is 23.3. The van der Waals surface area contributed by atoms with Crippen LogP contribution in [0.3, 0.4) is 0 Å². The fourth-order valence-corrected chi connectivity index (χ4v) is 4.90.